The number of aromatic nitrogens is 2. The highest BCUT2D eigenvalue weighted by Gasteiger charge is 2.68. The van der Waals surface area contributed by atoms with Crippen LogP contribution in [-0.2, 0) is 4.79 Å². The van der Waals surface area contributed by atoms with Crippen LogP contribution in [-0.4, -0.2) is 28.1 Å². The van der Waals surface area contributed by atoms with E-state index < -0.39 is 0 Å². The van der Waals surface area contributed by atoms with Gasteiger partial charge in [-0.25, -0.2) is 0 Å². The van der Waals surface area contributed by atoms with Crippen LogP contribution < -0.4 is 10.1 Å². The van der Waals surface area contributed by atoms with Crippen LogP contribution in [0.4, 0.5) is 6.01 Å². The van der Waals surface area contributed by atoms with Crippen LogP contribution in [0.2, 0.25) is 10.0 Å². The molecule has 6 rings (SSSR count). The normalized spacial score (nSPS) is 23.9. The highest BCUT2D eigenvalue weighted by molar-refractivity contribution is 6.30. The third-order valence-corrected chi connectivity index (χ3v) is 6.33. The number of benzene rings is 2. The molecule has 0 atom stereocenters. The molecule has 0 spiro atoms. The Balaban J connectivity index is 1.11. The van der Waals surface area contributed by atoms with Crippen molar-refractivity contribution in [2.75, 3.05) is 11.9 Å². The Hall–Kier alpha value is -2.57. The van der Waals surface area contributed by atoms with Crippen LogP contribution in [0.3, 0.4) is 0 Å². The molecular formula is C22H19Cl2N3O3. The summed E-state index contributed by atoms with van der Waals surface area (Å²) in [4.78, 5) is 16.8. The van der Waals surface area contributed by atoms with Crippen LogP contribution in [0.1, 0.15) is 25.7 Å². The average molecular weight is 444 g/mol. The van der Waals surface area contributed by atoms with Gasteiger partial charge in [0.15, 0.2) is 5.78 Å². The number of carbonyl (C=O) groups excluding carboxylic acids is 1. The maximum absolute atomic E-state index is 12.3. The molecule has 3 saturated carbocycles. The highest BCUT2D eigenvalue weighted by atomic mass is 35.5. The molecule has 2 bridgehead atoms. The minimum atomic E-state index is -0.0406. The van der Waals surface area contributed by atoms with Crippen molar-refractivity contribution in [1.82, 2.24) is 10.1 Å². The number of nitrogens with one attached hydrogen (secondary N) is 1. The molecule has 154 valence electrons. The number of hydrogen-bond donors (Lipinski definition) is 1. The molecule has 0 aliphatic heterocycles. The number of anilines is 1. The molecule has 3 fully saturated rings. The van der Waals surface area contributed by atoms with Gasteiger partial charge in [-0.2, -0.15) is 4.98 Å². The average Bonchev–Trinajstić information content (AvgIpc) is 3.14. The fourth-order valence-corrected chi connectivity index (χ4v) is 4.95. The Kier molecular flexibility index (Phi) is 4.71. The van der Waals surface area contributed by atoms with Gasteiger partial charge in [-0.3, -0.25) is 4.79 Å². The van der Waals surface area contributed by atoms with E-state index >= 15 is 0 Å². The summed E-state index contributed by atoms with van der Waals surface area (Å²) in [6.07, 6.45) is 3.30. The fraction of sp³-hybridized carbons (Fsp3) is 0.318. The Morgan fingerprint density at radius 1 is 1.03 bits per heavy atom. The van der Waals surface area contributed by atoms with Gasteiger partial charge in [-0.1, -0.05) is 28.4 Å². The zero-order valence-electron chi connectivity index (χ0n) is 16.0. The zero-order valence-corrected chi connectivity index (χ0v) is 17.5. The van der Waals surface area contributed by atoms with Crippen molar-refractivity contribution in [3.05, 3.63) is 58.6 Å². The van der Waals surface area contributed by atoms with E-state index in [1.165, 1.54) is 0 Å². The number of nitrogens with zero attached hydrogens (tertiary/aromatic N) is 2. The summed E-state index contributed by atoms with van der Waals surface area (Å²) in [5.41, 5.74) is 0.879. The maximum Gasteiger partial charge on any atom is 0.322 e. The maximum atomic E-state index is 12.3. The van der Waals surface area contributed by atoms with Crippen LogP contribution in [0.5, 0.6) is 5.75 Å². The second kappa shape index (κ2) is 7.29. The van der Waals surface area contributed by atoms with E-state index in [0.29, 0.717) is 34.1 Å². The summed E-state index contributed by atoms with van der Waals surface area (Å²) in [6, 6.07) is 14.7. The number of rotatable bonds is 8. The van der Waals surface area contributed by atoms with Gasteiger partial charge in [0.2, 0.25) is 5.82 Å². The molecule has 0 radical (unpaired) electrons. The summed E-state index contributed by atoms with van der Waals surface area (Å²) in [5, 5.41) is 8.69. The lowest BCUT2D eigenvalue weighted by atomic mass is 9.38. The Labute approximate surface area is 183 Å². The van der Waals surface area contributed by atoms with Gasteiger partial charge < -0.3 is 14.6 Å². The van der Waals surface area contributed by atoms with Crippen molar-refractivity contribution in [3.63, 3.8) is 0 Å². The number of ether oxygens (including phenoxy) is 1. The lowest BCUT2D eigenvalue weighted by Gasteiger charge is -2.70. The Morgan fingerprint density at radius 3 is 2.33 bits per heavy atom. The monoisotopic (exact) mass is 443 g/mol. The molecule has 1 aromatic heterocycles. The molecule has 8 heteroatoms. The van der Waals surface area contributed by atoms with E-state index in [2.05, 4.69) is 15.5 Å². The first-order valence-corrected chi connectivity index (χ1v) is 10.5. The standard InChI is InChI=1S/C22H19Cl2N3O3/c23-15-3-1-14(2-4-15)19-25-20(30-27-19)26-22-11-21(12-22,13-22)9-17(28)10-29-18-7-5-16(24)6-8-18/h1-8H,9-13H2,(H,25,26,27). The first-order chi connectivity index (χ1) is 14.4. The highest BCUT2D eigenvalue weighted by Crippen LogP contribution is 2.70. The summed E-state index contributed by atoms with van der Waals surface area (Å²) in [7, 11) is 0. The van der Waals surface area contributed by atoms with Crippen molar-refractivity contribution in [3.8, 4) is 17.1 Å². The van der Waals surface area contributed by atoms with Gasteiger partial charge in [0, 0.05) is 27.6 Å². The van der Waals surface area contributed by atoms with E-state index in [9.17, 15) is 4.79 Å². The van der Waals surface area contributed by atoms with Gasteiger partial charge in [-0.15, -0.1) is 0 Å². The predicted octanol–water partition coefficient (Wildman–Crippen LogP) is 5.42. The van der Waals surface area contributed by atoms with E-state index in [-0.39, 0.29) is 23.3 Å². The molecule has 0 saturated heterocycles. The third kappa shape index (κ3) is 3.77. The third-order valence-electron chi connectivity index (χ3n) is 5.83. The quantitative estimate of drug-likeness (QED) is 0.500. The number of ketones is 1. The fourth-order valence-electron chi connectivity index (χ4n) is 4.70. The van der Waals surface area contributed by atoms with E-state index in [4.69, 9.17) is 32.5 Å². The first kappa shape index (κ1) is 19.4. The Bertz CT molecular complexity index is 1060. The summed E-state index contributed by atoms with van der Waals surface area (Å²) in [6.45, 7) is 0.0813. The molecule has 3 aromatic rings. The van der Waals surface area contributed by atoms with Gasteiger partial charge in [0.1, 0.15) is 12.4 Å². The molecule has 1 heterocycles. The van der Waals surface area contributed by atoms with Gasteiger partial charge >= 0.3 is 6.01 Å². The smallest absolute Gasteiger partial charge is 0.322 e. The molecule has 2 aromatic carbocycles. The van der Waals surface area contributed by atoms with Crippen molar-refractivity contribution in [2.24, 2.45) is 5.41 Å². The Morgan fingerprint density at radius 2 is 1.67 bits per heavy atom. The van der Waals surface area contributed by atoms with Gasteiger partial charge in [-0.05, 0) is 73.2 Å². The van der Waals surface area contributed by atoms with Crippen molar-refractivity contribution < 1.29 is 14.1 Å². The summed E-state index contributed by atoms with van der Waals surface area (Å²) >= 11 is 11.8. The topological polar surface area (TPSA) is 77.2 Å². The number of Topliss-reactive ketones (excluding diaryl/α,β-unsaturated/α-hetero) is 1. The lowest BCUT2D eigenvalue weighted by Crippen LogP contribution is -2.71. The van der Waals surface area contributed by atoms with Crippen LogP contribution in [0.15, 0.2) is 53.1 Å². The zero-order chi connectivity index (χ0) is 20.8. The second-order valence-electron chi connectivity index (χ2n) is 8.32. The molecule has 6 nitrogen and oxygen atoms in total. The van der Waals surface area contributed by atoms with Gasteiger partial charge in [0.05, 0.1) is 0 Å². The van der Waals surface area contributed by atoms with Crippen molar-refractivity contribution in [1.29, 1.82) is 0 Å². The molecule has 30 heavy (non-hydrogen) atoms. The van der Waals surface area contributed by atoms with E-state index in [0.717, 1.165) is 24.8 Å². The molecule has 3 aliphatic rings. The molecule has 1 N–H and O–H groups in total. The van der Waals surface area contributed by atoms with Crippen molar-refractivity contribution >= 4 is 35.0 Å². The van der Waals surface area contributed by atoms with Crippen molar-refractivity contribution in [2.45, 2.75) is 31.2 Å². The van der Waals surface area contributed by atoms with Crippen LogP contribution in [0, 0.1) is 5.41 Å². The van der Waals surface area contributed by atoms with E-state index in [1.807, 2.05) is 12.1 Å². The van der Waals surface area contributed by atoms with E-state index in [1.54, 1.807) is 36.4 Å². The van der Waals surface area contributed by atoms with Crippen LogP contribution in [0.25, 0.3) is 11.4 Å². The molecular weight excluding hydrogens is 425 g/mol. The second-order valence-corrected chi connectivity index (χ2v) is 9.20. The molecule has 0 unspecified atom stereocenters. The molecule has 3 aliphatic carbocycles. The summed E-state index contributed by atoms with van der Waals surface area (Å²) in [5.74, 6) is 1.28. The summed E-state index contributed by atoms with van der Waals surface area (Å²) < 4.78 is 10.9. The van der Waals surface area contributed by atoms with Gasteiger partial charge in [0.25, 0.3) is 0 Å². The number of carbonyl (C=O) groups is 1. The first-order valence-electron chi connectivity index (χ1n) is 9.71. The largest absolute Gasteiger partial charge is 0.486 e. The minimum absolute atomic E-state index is 0.0406. The number of hydrogen-bond acceptors (Lipinski definition) is 6. The van der Waals surface area contributed by atoms with Crippen LogP contribution >= 0.6 is 23.2 Å². The lowest BCUT2D eigenvalue weighted by molar-refractivity contribution is -0.147. The predicted molar refractivity (Wildman–Crippen MR) is 114 cm³/mol. The minimum Gasteiger partial charge on any atom is -0.486 e. The SMILES string of the molecule is O=C(COc1ccc(Cl)cc1)CC12CC(Nc3nc(-c4ccc(Cl)cc4)no3)(C1)C2. The molecule has 0 amide bonds. The number of halogens is 2.